The fourth-order valence-electron chi connectivity index (χ4n) is 8.48. The Bertz CT molecular complexity index is 3080. The maximum Gasteiger partial charge on any atom is 1.00 e. The fourth-order valence-corrected chi connectivity index (χ4v) is 8.48. The van der Waals surface area contributed by atoms with Crippen LogP contribution in [0, 0.1) is 23.2 Å². The topological polar surface area (TPSA) is 68.7 Å². The zero-order valence-electron chi connectivity index (χ0n) is 29.3. The first-order valence-corrected chi connectivity index (χ1v) is 17.2. The Kier molecular flexibility index (Phi) is 7.01. The van der Waals surface area contributed by atoms with Crippen LogP contribution in [0.3, 0.4) is 0 Å². The average Bonchev–Trinajstić information content (AvgIpc) is 3.48. The summed E-state index contributed by atoms with van der Waals surface area (Å²) in [4.78, 5) is 40.1. The van der Waals surface area contributed by atoms with E-state index in [9.17, 15) is 9.59 Å². The standard InChI is InChI=1S/C43H35N4O2.K/c1-23-10-11-25-17-19-43(4,5)22-31-35(25)33(20-23)47-39(45-31)27-13-14-28-36-26(12-15-29(37(27)36)41(47)49)38-44-30-21-42(2,3)18-16-24-8-6-7-9-32(34(24)30)46(38)40(28)48;/h7-8,10-23H,6,9H2,1-5H3;/q-1;+1. The number of aromatic nitrogens is 4. The number of rotatable bonds is 0. The van der Waals surface area contributed by atoms with Crippen molar-refractivity contribution in [2.45, 2.75) is 47.5 Å². The largest absolute Gasteiger partial charge is 1.00 e. The molecule has 6 aromatic rings. The van der Waals surface area contributed by atoms with Gasteiger partial charge in [0.1, 0.15) is 11.3 Å². The SMILES string of the molecule is CC1C=CC2=c3c(nc4c5ccc6c(=O)n7c8c9c(nc7c7ccc(c(=O)n4c3=C1)c5c67)=CC(C)(C)C=CC9=CC[CH-]C8)=CC(C)(C)C=C2.[K+]. The third-order valence-corrected chi connectivity index (χ3v) is 10.8. The molecule has 0 saturated carbocycles. The summed E-state index contributed by atoms with van der Waals surface area (Å²) in [6.07, 6.45) is 25.6. The summed E-state index contributed by atoms with van der Waals surface area (Å²) in [6, 6.07) is 7.85. The number of nitrogens with zero attached hydrogens (tertiary/aromatic N) is 4. The van der Waals surface area contributed by atoms with Gasteiger partial charge in [0.25, 0.3) is 11.1 Å². The maximum atomic E-state index is 14.8. The molecule has 0 radical (unpaired) electrons. The molecule has 4 aromatic heterocycles. The molecule has 0 spiro atoms. The summed E-state index contributed by atoms with van der Waals surface area (Å²) in [5, 5.41) is 8.00. The number of pyridine rings is 2. The zero-order chi connectivity index (χ0) is 33.6. The van der Waals surface area contributed by atoms with E-state index in [1.165, 1.54) is 0 Å². The van der Waals surface area contributed by atoms with Crippen molar-refractivity contribution in [1.82, 2.24) is 18.8 Å². The second-order valence-corrected chi connectivity index (χ2v) is 15.4. The summed E-state index contributed by atoms with van der Waals surface area (Å²) in [7, 11) is 0. The van der Waals surface area contributed by atoms with Crippen LogP contribution < -0.4 is 83.8 Å². The molecule has 4 heterocycles. The van der Waals surface area contributed by atoms with Gasteiger partial charge in [0.05, 0.1) is 16.0 Å². The van der Waals surface area contributed by atoms with Crippen LogP contribution in [0.15, 0.2) is 76.4 Å². The molecule has 0 bridgehead atoms. The van der Waals surface area contributed by atoms with Gasteiger partial charge in [-0.3, -0.25) is 18.4 Å². The minimum atomic E-state index is -0.230. The van der Waals surface area contributed by atoms with Gasteiger partial charge in [-0.05, 0) is 53.5 Å². The van der Waals surface area contributed by atoms with Crippen LogP contribution in [0.4, 0.5) is 0 Å². The molecular weight excluding hydrogens is 644 g/mol. The molecule has 240 valence electrons. The van der Waals surface area contributed by atoms with Crippen LogP contribution in [0.2, 0.25) is 0 Å². The van der Waals surface area contributed by atoms with Gasteiger partial charge >= 0.3 is 51.4 Å². The number of hydrogen-bond acceptors (Lipinski definition) is 4. The summed E-state index contributed by atoms with van der Waals surface area (Å²) < 4.78 is 3.63. The quantitative estimate of drug-likeness (QED) is 0.107. The Hall–Kier alpha value is -3.72. The predicted octanol–water partition coefficient (Wildman–Crippen LogP) is 2.03. The molecule has 0 saturated heterocycles. The van der Waals surface area contributed by atoms with Crippen LogP contribution in [0.25, 0.3) is 73.0 Å². The maximum absolute atomic E-state index is 14.8. The number of benzene rings is 2. The molecular formula is C43H35KN4O2. The molecule has 0 N–H and O–H groups in total. The summed E-state index contributed by atoms with van der Waals surface area (Å²) in [5.41, 5.74) is 4.69. The Morgan fingerprint density at radius 2 is 1.38 bits per heavy atom. The van der Waals surface area contributed by atoms with Crippen molar-refractivity contribution in [3.8, 4) is 0 Å². The van der Waals surface area contributed by atoms with Crippen molar-refractivity contribution >= 4 is 73.0 Å². The molecule has 10 rings (SSSR count). The van der Waals surface area contributed by atoms with Gasteiger partial charge in [0.2, 0.25) is 0 Å². The molecule has 1 atom stereocenters. The fraction of sp³-hybridized carbons (Fsp3) is 0.233. The third kappa shape index (κ3) is 4.47. The summed E-state index contributed by atoms with van der Waals surface area (Å²) in [6.45, 7) is 10.8. The van der Waals surface area contributed by atoms with Gasteiger partial charge in [-0.2, -0.15) is 6.42 Å². The molecule has 7 heteroatoms. The summed E-state index contributed by atoms with van der Waals surface area (Å²) >= 11 is 0. The Labute approximate surface area is 330 Å². The number of allylic oxidation sites excluding steroid dienone is 8. The van der Waals surface area contributed by atoms with Crippen LogP contribution in [0.1, 0.15) is 52.3 Å². The van der Waals surface area contributed by atoms with E-state index in [0.717, 1.165) is 71.6 Å². The molecule has 0 fully saturated rings. The predicted molar refractivity (Wildman–Crippen MR) is 200 cm³/mol. The molecule has 1 unspecified atom stereocenters. The van der Waals surface area contributed by atoms with Crippen molar-refractivity contribution in [3.05, 3.63) is 126 Å². The van der Waals surface area contributed by atoms with E-state index < -0.39 is 0 Å². The van der Waals surface area contributed by atoms with Crippen LogP contribution in [0.5, 0.6) is 0 Å². The molecule has 4 aliphatic carbocycles. The van der Waals surface area contributed by atoms with Crippen LogP contribution in [-0.2, 0) is 6.42 Å². The van der Waals surface area contributed by atoms with Crippen molar-refractivity contribution in [2.75, 3.05) is 0 Å². The Morgan fingerprint density at radius 3 is 2.10 bits per heavy atom. The smallest absolute Gasteiger partial charge is 0.319 e. The van der Waals surface area contributed by atoms with Gasteiger partial charge in [0.15, 0.2) is 0 Å². The van der Waals surface area contributed by atoms with Gasteiger partial charge in [0, 0.05) is 59.6 Å². The van der Waals surface area contributed by atoms with Crippen LogP contribution in [-0.4, -0.2) is 18.8 Å². The molecule has 0 aliphatic heterocycles. The molecule has 2 aromatic carbocycles. The second-order valence-electron chi connectivity index (χ2n) is 15.4. The third-order valence-electron chi connectivity index (χ3n) is 10.8. The van der Waals surface area contributed by atoms with Crippen molar-refractivity contribution < 1.29 is 51.4 Å². The normalized spacial score (nSPS) is 19.9. The number of hydrogen-bond donors (Lipinski definition) is 0. The van der Waals surface area contributed by atoms with Crippen molar-refractivity contribution in [3.63, 3.8) is 0 Å². The zero-order valence-corrected chi connectivity index (χ0v) is 32.4. The average molecular weight is 679 g/mol. The van der Waals surface area contributed by atoms with E-state index in [4.69, 9.17) is 9.97 Å². The molecule has 50 heavy (non-hydrogen) atoms. The molecule has 6 nitrogen and oxygen atoms in total. The first-order valence-electron chi connectivity index (χ1n) is 17.2. The minimum Gasteiger partial charge on any atom is -0.319 e. The van der Waals surface area contributed by atoms with E-state index in [0.29, 0.717) is 28.5 Å². The van der Waals surface area contributed by atoms with Gasteiger partial charge < -0.3 is 6.42 Å². The molecule has 4 aliphatic rings. The Morgan fingerprint density at radius 1 is 0.780 bits per heavy atom. The van der Waals surface area contributed by atoms with Crippen LogP contribution >= 0.6 is 0 Å². The van der Waals surface area contributed by atoms with E-state index in [-0.39, 0.29) is 79.3 Å². The van der Waals surface area contributed by atoms with E-state index in [2.05, 4.69) is 102 Å². The van der Waals surface area contributed by atoms with Gasteiger partial charge in [-0.1, -0.05) is 77.2 Å². The van der Waals surface area contributed by atoms with Gasteiger partial charge in [-0.15, -0.1) is 12.5 Å². The van der Waals surface area contributed by atoms with Crippen molar-refractivity contribution in [2.24, 2.45) is 16.7 Å². The minimum absolute atomic E-state index is 0. The van der Waals surface area contributed by atoms with E-state index in [1.807, 2.05) is 28.7 Å². The van der Waals surface area contributed by atoms with Gasteiger partial charge in [-0.25, -0.2) is 9.97 Å². The number of fused-ring (bicyclic) bond motifs is 6. The first kappa shape index (κ1) is 32.2. The Balaban J connectivity index is 0.00000336. The van der Waals surface area contributed by atoms with Crippen molar-refractivity contribution in [1.29, 1.82) is 0 Å². The second kappa shape index (κ2) is 10.9. The first-order chi connectivity index (χ1) is 23.5. The summed E-state index contributed by atoms with van der Waals surface area (Å²) in [5.74, 6) is 0.121. The monoisotopic (exact) mass is 678 g/mol. The van der Waals surface area contributed by atoms with E-state index in [1.54, 1.807) is 4.40 Å². The van der Waals surface area contributed by atoms with E-state index >= 15 is 0 Å². The molecule has 0 amide bonds.